The SMILES string of the molecule is O=C(Cc1c(Cl)cccc1Cl)CC1CCCO1. The molecule has 1 aliphatic rings. The van der Waals surface area contributed by atoms with Crippen molar-refractivity contribution < 1.29 is 9.53 Å². The Labute approximate surface area is 111 Å². The fraction of sp³-hybridized carbons (Fsp3) is 0.462. The topological polar surface area (TPSA) is 26.3 Å². The molecule has 0 N–H and O–H groups in total. The summed E-state index contributed by atoms with van der Waals surface area (Å²) in [7, 11) is 0. The zero-order chi connectivity index (χ0) is 12.3. The summed E-state index contributed by atoms with van der Waals surface area (Å²) >= 11 is 12.0. The van der Waals surface area contributed by atoms with E-state index in [0.29, 0.717) is 22.9 Å². The summed E-state index contributed by atoms with van der Waals surface area (Å²) in [5.74, 6) is 0.131. The van der Waals surface area contributed by atoms with E-state index in [4.69, 9.17) is 27.9 Å². The van der Waals surface area contributed by atoms with E-state index in [2.05, 4.69) is 0 Å². The summed E-state index contributed by atoms with van der Waals surface area (Å²) in [6.45, 7) is 0.769. The van der Waals surface area contributed by atoms with E-state index in [1.165, 1.54) is 0 Å². The van der Waals surface area contributed by atoms with Gasteiger partial charge in [-0.05, 0) is 30.5 Å². The van der Waals surface area contributed by atoms with Crippen molar-refractivity contribution in [3.8, 4) is 0 Å². The van der Waals surface area contributed by atoms with Gasteiger partial charge in [0, 0.05) is 29.5 Å². The first-order valence-corrected chi connectivity index (χ1v) is 6.48. The van der Waals surface area contributed by atoms with Crippen LogP contribution in [0.2, 0.25) is 10.0 Å². The van der Waals surface area contributed by atoms with Gasteiger partial charge in [-0.15, -0.1) is 0 Å². The fourth-order valence-corrected chi connectivity index (χ4v) is 2.56. The molecule has 1 aromatic carbocycles. The Hall–Kier alpha value is -0.570. The van der Waals surface area contributed by atoms with Crippen LogP contribution in [0.1, 0.15) is 24.8 Å². The van der Waals surface area contributed by atoms with E-state index >= 15 is 0 Å². The summed E-state index contributed by atoms with van der Waals surface area (Å²) in [6, 6.07) is 5.28. The Balaban J connectivity index is 1.97. The number of benzene rings is 1. The van der Waals surface area contributed by atoms with Gasteiger partial charge in [-0.25, -0.2) is 0 Å². The molecule has 4 heteroatoms. The van der Waals surface area contributed by atoms with E-state index in [0.717, 1.165) is 25.0 Å². The molecule has 1 saturated heterocycles. The smallest absolute Gasteiger partial charge is 0.139 e. The molecule has 0 radical (unpaired) electrons. The van der Waals surface area contributed by atoms with Crippen LogP contribution in [0, 0.1) is 0 Å². The molecule has 1 fully saturated rings. The first-order valence-electron chi connectivity index (χ1n) is 5.73. The Morgan fingerprint density at radius 1 is 1.35 bits per heavy atom. The average molecular weight is 273 g/mol. The number of halogens is 2. The molecule has 1 atom stereocenters. The Morgan fingerprint density at radius 3 is 2.65 bits per heavy atom. The number of hydrogen-bond acceptors (Lipinski definition) is 2. The molecule has 1 unspecified atom stereocenters. The van der Waals surface area contributed by atoms with Crippen molar-refractivity contribution in [3.05, 3.63) is 33.8 Å². The lowest BCUT2D eigenvalue weighted by Gasteiger charge is -2.09. The summed E-state index contributed by atoms with van der Waals surface area (Å²) < 4.78 is 5.43. The minimum absolute atomic E-state index is 0.0868. The van der Waals surface area contributed by atoms with Crippen molar-refractivity contribution in [1.82, 2.24) is 0 Å². The predicted molar refractivity (Wildman–Crippen MR) is 68.8 cm³/mol. The van der Waals surface area contributed by atoms with Gasteiger partial charge in [0.25, 0.3) is 0 Å². The van der Waals surface area contributed by atoms with Gasteiger partial charge in [0.1, 0.15) is 5.78 Å². The van der Waals surface area contributed by atoms with Crippen molar-refractivity contribution >= 4 is 29.0 Å². The quantitative estimate of drug-likeness (QED) is 0.836. The van der Waals surface area contributed by atoms with Crippen molar-refractivity contribution in [2.75, 3.05) is 6.61 Å². The van der Waals surface area contributed by atoms with Crippen molar-refractivity contribution in [3.63, 3.8) is 0 Å². The monoisotopic (exact) mass is 272 g/mol. The number of rotatable bonds is 4. The Morgan fingerprint density at radius 2 is 2.06 bits per heavy atom. The van der Waals surface area contributed by atoms with E-state index in [-0.39, 0.29) is 11.9 Å². The zero-order valence-electron chi connectivity index (χ0n) is 9.42. The minimum Gasteiger partial charge on any atom is -0.378 e. The van der Waals surface area contributed by atoms with Crippen LogP contribution >= 0.6 is 23.2 Å². The molecule has 0 aliphatic carbocycles. The number of carbonyl (C=O) groups is 1. The summed E-state index contributed by atoms with van der Waals surface area (Å²) in [6.07, 6.45) is 2.86. The largest absolute Gasteiger partial charge is 0.378 e. The van der Waals surface area contributed by atoms with E-state index in [1.807, 2.05) is 0 Å². The molecular weight excluding hydrogens is 259 g/mol. The third-order valence-corrected chi connectivity index (χ3v) is 3.62. The highest BCUT2D eigenvalue weighted by Gasteiger charge is 2.20. The first-order chi connectivity index (χ1) is 8.16. The minimum atomic E-state index is 0.0868. The first kappa shape index (κ1) is 12.9. The van der Waals surface area contributed by atoms with Crippen molar-refractivity contribution in [2.24, 2.45) is 0 Å². The van der Waals surface area contributed by atoms with Gasteiger partial charge >= 0.3 is 0 Å². The van der Waals surface area contributed by atoms with Crippen LogP contribution in [-0.2, 0) is 16.0 Å². The maximum Gasteiger partial charge on any atom is 0.139 e. The van der Waals surface area contributed by atoms with Gasteiger partial charge in [-0.3, -0.25) is 4.79 Å². The highest BCUT2D eigenvalue weighted by Crippen LogP contribution is 2.26. The van der Waals surface area contributed by atoms with E-state index < -0.39 is 0 Å². The Bertz CT molecular complexity index is 392. The van der Waals surface area contributed by atoms with E-state index in [9.17, 15) is 4.79 Å². The van der Waals surface area contributed by atoms with Crippen LogP contribution in [0.3, 0.4) is 0 Å². The maximum absolute atomic E-state index is 11.9. The normalized spacial score (nSPS) is 19.5. The van der Waals surface area contributed by atoms with Gasteiger partial charge in [0.15, 0.2) is 0 Å². The van der Waals surface area contributed by atoms with Crippen LogP contribution in [-0.4, -0.2) is 18.5 Å². The standard InChI is InChI=1S/C13H14Cl2O2/c14-12-4-1-5-13(15)11(12)8-9(16)7-10-3-2-6-17-10/h1,4-5,10H,2-3,6-8H2. The lowest BCUT2D eigenvalue weighted by atomic mass is 10.0. The third kappa shape index (κ3) is 3.44. The maximum atomic E-state index is 11.9. The highest BCUT2D eigenvalue weighted by molar-refractivity contribution is 6.36. The molecule has 0 spiro atoms. The van der Waals surface area contributed by atoms with Gasteiger partial charge in [0.2, 0.25) is 0 Å². The van der Waals surface area contributed by atoms with Gasteiger partial charge in [-0.2, -0.15) is 0 Å². The van der Waals surface area contributed by atoms with Crippen LogP contribution in [0.4, 0.5) is 0 Å². The number of carbonyl (C=O) groups excluding carboxylic acids is 1. The van der Waals surface area contributed by atoms with Gasteiger partial charge in [-0.1, -0.05) is 29.3 Å². The molecular formula is C13H14Cl2O2. The molecule has 0 saturated carbocycles. The second kappa shape index (κ2) is 5.85. The third-order valence-electron chi connectivity index (χ3n) is 2.91. The highest BCUT2D eigenvalue weighted by atomic mass is 35.5. The number of hydrogen-bond donors (Lipinski definition) is 0. The van der Waals surface area contributed by atoms with Crippen LogP contribution in [0.5, 0.6) is 0 Å². The van der Waals surface area contributed by atoms with Crippen LogP contribution in [0.25, 0.3) is 0 Å². The average Bonchev–Trinajstić information content (AvgIpc) is 2.76. The molecule has 1 aliphatic heterocycles. The lowest BCUT2D eigenvalue weighted by molar-refractivity contribution is -0.120. The molecule has 2 rings (SSSR count). The lowest BCUT2D eigenvalue weighted by Crippen LogP contribution is -2.14. The van der Waals surface area contributed by atoms with Crippen molar-refractivity contribution in [2.45, 2.75) is 31.8 Å². The van der Waals surface area contributed by atoms with Crippen LogP contribution in [0.15, 0.2) is 18.2 Å². The molecule has 2 nitrogen and oxygen atoms in total. The second-order valence-corrected chi connectivity index (χ2v) is 5.07. The molecule has 1 heterocycles. The summed E-state index contributed by atoms with van der Waals surface area (Å²) in [5, 5.41) is 1.11. The van der Waals surface area contributed by atoms with Gasteiger partial charge in [0.05, 0.1) is 6.10 Å². The van der Waals surface area contributed by atoms with E-state index in [1.54, 1.807) is 18.2 Å². The number of ether oxygens (including phenoxy) is 1. The molecule has 0 amide bonds. The van der Waals surface area contributed by atoms with Gasteiger partial charge < -0.3 is 4.74 Å². The molecule has 92 valence electrons. The summed E-state index contributed by atoms with van der Waals surface area (Å²) in [5.41, 5.74) is 0.721. The fourth-order valence-electron chi connectivity index (χ4n) is 2.03. The summed E-state index contributed by atoms with van der Waals surface area (Å²) in [4.78, 5) is 11.9. The number of ketones is 1. The molecule has 17 heavy (non-hydrogen) atoms. The molecule has 0 aromatic heterocycles. The van der Waals surface area contributed by atoms with Crippen LogP contribution < -0.4 is 0 Å². The molecule has 1 aromatic rings. The number of Topliss-reactive ketones (excluding diaryl/α,β-unsaturated/α-hetero) is 1. The molecule has 0 bridgehead atoms. The predicted octanol–water partition coefficient (Wildman–Crippen LogP) is 3.67. The zero-order valence-corrected chi connectivity index (χ0v) is 10.9. The second-order valence-electron chi connectivity index (χ2n) is 4.25. The Kier molecular flexibility index (Phi) is 4.43. The van der Waals surface area contributed by atoms with Crippen molar-refractivity contribution in [1.29, 1.82) is 0 Å².